The van der Waals surface area contributed by atoms with Crippen LogP contribution in [0.1, 0.15) is 0 Å². The van der Waals surface area contributed by atoms with Crippen LogP contribution >= 0.6 is 45.3 Å². The average molecular weight is 1710 g/mol. The summed E-state index contributed by atoms with van der Waals surface area (Å²) in [6, 6.07) is 132. The van der Waals surface area contributed by atoms with Gasteiger partial charge < -0.3 is 17.7 Å². The first-order valence-corrected chi connectivity index (χ1v) is 45.8. The van der Waals surface area contributed by atoms with Crippen LogP contribution in [0.3, 0.4) is 0 Å². The maximum Gasteiger partial charge on any atom is 0.144 e. The van der Waals surface area contributed by atoms with Gasteiger partial charge in [0.25, 0.3) is 0 Å². The predicted molar refractivity (Wildman–Crippen MR) is 541 cm³/mol. The molecule has 28 aromatic rings. The fourth-order valence-electron chi connectivity index (χ4n) is 18.3. The lowest BCUT2D eigenvalue weighted by Crippen LogP contribution is -1.88. The third kappa shape index (κ3) is 13.3. The minimum absolute atomic E-state index is 0.887. The summed E-state index contributed by atoms with van der Waals surface area (Å²) in [5, 5.41) is 19.5. The second-order valence-corrected chi connectivity index (χ2v) is 36.5. The van der Waals surface area contributed by atoms with Crippen molar-refractivity contribution in [3.05, 3.63) is 413 Å². The lowest BCUT2D eigenvalue weighted by molar-refractivity contribution is 0.668. The molecule has 12 aromatic heterocycles. The highest BCUT2D eigenvalue weighted by Crippen LogP contribution is 2.46. The molecule has 0 atom stereocenters. The van der Waals surface area contributed by atoms with E-state index in [-0.39, 0.29) is 0 Å². The van der Waals surface area contributed by atoms with Crippen molar-refractivity contribution >= 4 is 214 Å². The predicted octanol–water partition coefficient (Wildman–Crippen LogP) is 34.7. The Morgan fingerprint density at radius 2 is 0.430 bits per heavy atom. The lowest BCUT2D eigenvalue weighted by atomic mass is 9.99. The number of nitrogens with zero attached hydrogens (tertiary/aromatic N) is 4. The summed E-state index contributed by atoms with van der Waals surface area (Å²) >= 11 is 7.38. The second-order valence-electron chi connectivity index (χ2n) is 32.2. The Kier molecular flexibility index (Phi) is 18.2. The van der Waals surface area contributed by atoms with Crippen LogP contribution in [0.4, 0.5) is 0 Å². The first kappa shape index (κ1) is 74.8. The quantitative estimate of drug-likeness (QED) is 0.148. The summed E-state index contributed by atoms with van der Waals surface area (Å²) in [7, 11) is 0. The van der Waals surface area contributed by atoms with Gasteiger partial charge in [0.15, 0.2) is 0 Å². The van der Waals surface area contributed by atoms with Gasteiger partial charge in [-0.2, -0.15) is 0 Å². The number of hydrogen-bond acceptors (Lipinski definition) is 12. The van der Waals surface area contributed by atoms with Crippen LogP contribution in [-0.2, 0) is 0 Å². The van der Waals surface area contributed by atoms with Crippen molar-refractivity contribution in [3.8, 4) is 89.3 Å². The zero-order valence-corrected chi connectivity index (χ0v) is 71.6. The molecule has 0 spiro atoms. The number of benzene rings is 16. The third-order valence-corrected chi connectivity index (χ3v) is 29.3. The molecule has 0 N–H and O–H groups in total. The van der Waals surface area contributed by atoms with Crippen molar-refractivity contribution in [2.24, 2.45) is 0 Å². The molecule has 12 heterocycles. The van der Waals surface area contributed by atoms with Gasteiger partial charge in [-0.05, 0) is 191 Å². The fraction of sp³-hybridized carbons (Fsp3) is 0. The summed E-state index contributed by atoms with van der Waals surface area (Å²) in [5.41, 5.74) is 25.0. The van der Waals surface area contributed by atoms with Crippen LogP contribution in [0.2, 0.25) is 0 Å². The van der Waals surface area contributed by atoms with Crippen molar-refractivity contribution in [2.75, 3.05) is 0 Å². The summed E-state index contributed by atoms with van der Waals surface area (Å²) in [5.74, 6) is 0. The van der Waals surface area contributed by atoms with E-state index in [1.165, 1.54) is 103 Å². The molecule has 0 saturated heterocycles. The van der Waals surface area contributed by atoms with Gasteiger partial charge in [-0.25, -0.2) is 4.98 Å². The van der Waals surface area contributed by atoms with E-state index in [1.54, 1.807) is 0 Å². The molecule has 8 nitrogen and oxygen atoms in total. The molecule has 0 fully saturated rings. The minimum atomic E-state index is 0.887. The number of fused-ring (bicyclic) bond motifs is 24. The van der Waals surface area contributed by atoms with Crippen LogP contribution in [-0.4, -0.2) is 19.9 Å². The highest BCUT2D eigenvalue weighted by Gasteiger charge is 2.20. The largest absolute Gasteiger partial charge is 0.456 e. The Bertz CT molecular complexity index is 8150. The van der Waals surface area contributed by atoms with Gasteiger partial charge in [0, 0.05) is 205 Å². The highest BCUT2D eigenvalue weighted by molar-refractivity contribution is 7.27. The molecule has 0 aliphatic heterocycles. The Labute approximate surface area is 748 Å². The van der Waals surface area contributed by atoms with E-state index in [0.717, 1.165) is 155 Å². The van der Waals surface area contributed by atoms with E-state index in [9.17, 15) is 0 Å². The maximum absolute atomic E-state index is 6.26. The van der Waals surface area contributed by atoms with E-state index in [4.69, 9.17) is 22.7 Å². The number of rotatable bonds is 8. The summed E-state index contributed by atoms with van der Waals surface area (Å²) < 4.78 is 34.8. The molecule has 0 bridgehead atoms. The zero-order chi connectivity index (χ0) is 84.3. The van der Waals surface area contributed by atoms with Crippen molar-refractivity contribution in [3.63, 3.8) is 0 Å². The molecular weight excluding hydrogens is 1640 g/mol. The molecule has 128 heavy (non-hydrogen) atoms. The van der Waals surface area contributed by atoms with Gasteiger partial charge in [-0.1, -0.05) is 218 Å². The van der Waals surface area contributed by atoms with Crippen molar-refractivity contribution in [1.82, 2.24) is 19.9 Å². The zero-order valence-electron chi connectivity index (χ0n) is 68.3. The SMILES string of the molecule is c1cc(-c2cccc3c2oc2ccccc23)nc(-c2cccc3c2sc2ccccc23)c1.c1ccc2c(c1)oc1ccc(-c3cncc(-c4ccc5oc6ccccc6c5c4)c3)cc12.c1ccc2c(c1)oc1ccc(-c3cncc(-c4ccc5sc6ccccc6c5c4)c3)cc12.c1ccc2c(c1)sc1ccc(-c3cncc(-c4ccc5sc6ccccc6c5c4)c3)cc12. The van der Waals surface area contributed by atoms with Crippen LogP contribution in [0.15, 0.2) is 431 Å². The summed E-state index contributed by atoms with van der Waals surface area (Å²) in [4.78, 5) is 18.8. The Hall–Kier alpha value is -15.8. The first-order chi connectivity index (χ1) is 63.4. The van der Waals surface area contributed by atoms with Gasteiger partial charge in [0.1, 0.15) is 44.7 Å². The monoisotopic (exact) mass is 1710 g/mol. The number of pyridine rings is 4. The molecule has 0 unspecified atom stereocenters. The molecule has 600 valence electrons. The number of hydrogen-bond donors (Lipinski definition) is 0. The summed E-state index contributed by atoms with van der Waals surface area (Å²) in [6.45, 7) is 0. The van der Waals surface area contributed by atoms with Gasteiger partial charge in [-0.15, -0.1) is 45.3 Å². The van der Waals surface area contributed by atoms with Gasteiger partial charge in [0.05, 0.1) is 11.4 Å². The van der Waals surface area contributed by atoms with E-state index in [0.29, 0.717) is 0 Å². The lowest BCUT2D eigenvalue weighted by Gasteiger charge is -2.07. The fourth-order valence-corrected chi connectivity index (χ4v) is 22.8. The van der Waals surface area contributed by atoms with E-state index < -0.39 is 0 Å². The van der Waals surface area contributed by atoms with Gasteiger partial charge in [0.2, 0.25) is 0 Å². The number of aromatic nitrogens is 4. The molecule has 0 saturated carbocycles. The molecule has 0 aliphatic carbocycles. The van der Waals surface area contributed by atoms with Crippen molar-refractivity contribution in [1.29, 1.82) is 0 Å². The number of thiophene rings is 4. The average Bonchev–Trinajstić information content (AvgIpc) is 1.58. The van der Waals surface area contributed by atoms with E-state index in [1.807, 2.05) is 155 Å². The Balaban J connectivity index is 0.0000000926. The normalized spacial score (nSPS) is 11.8. The van der Waals surface area contributed by atoms with Crippen LogP contribution in [0.5, 0.6) is 0 Å². The van der Waals surface area contributed by atoms with Crippen LogP contribution in [0, 0.1) is 0 Å². The smallest absolute Gasteiger partial charge is 0.144 e. The Morgan fingerprint density at radius 3 is 0.820 bits per heavy atom. The number of furan rings is 4. The van der Waals surface area contributed by atoms with Gasteiger partial charge >= 0.3 is 0 Å². The van der Waals surface area contributed by atoms with Gasteiger partial charge in [-0.3, -0.25) is 15.0 Å². The second kappa shape index (κ2) is 31.2. The number of para-hydroxylation sites is 5. The molecule has 28 rings (SSSR count). The van der Waals surface area contributed by atoms with Crippen LogP contribution in [0.25, 0.3) is 258 Å². The highest BCUT2D eigenvalue weighted by atomic mass is 32.1. The topological polar surface area (TPSA) is 104 Å². The molecular formula is C116H68N4O4S4. The molecule has 0 radical (unpaired) electrons. The molecule has 0 aliphatic rings. The molecule has 16 aromatic carbocycles. The van der Waals surface area contributed by atoms with E-state index in [2.05, 4.69) is 318 Å². The maximum atomic E-state index is 6.26. The molecule has 0 amide bonds. The third-order valence-electron chi connectivity index (χ3n) is 24.6. The van der Waals surface area contributed by atoms with Crippen molar-refractivity contribution in [2.45, 2.75) is 0 Å². The first-order valence-electron chi connectivity index (χ1n) is 42.5. The van der Waals surface area contributed by atoms with Crippen molar-refractivity contribution < 1.29 is 17.7 Å². The van der Waals surface area contributed by atoms with Crippen LogP contribution < -0.4 is 0 Å². The standard InChI is InChI=1S/C29H17NO2.2C29H17NOS.C29H17NS2/c1-3-7-26-22(5-1)24-14-18(9-11-28(24)31-26)20-13-21(17-30-16-20)19-10-12-29-25(15-19)23-6-2-4-8-27(23)32-29;1-3-16-26-18(8-1)20-10-5-12-22(28(20)31-26)24-14-7-15-25(30-24)23-13-6-11-21-19-9-2-4-17-27(19)32-29(21)23;1-3-7-26-22(5-1)24-14-18(9-11-27(24)31-26)20-13-21(17-30-16-20)19-10-12-29-25(15-19)23-6-2-4-8-28(23)32-29;1-3-7-26-22(5-1)24-14-18(9-11-28(24)31-26)20-13-21(17-30-16-20)19-10-12-29-25(15-19)23-6-2-4-8-27(23)32-29/h4*1-17H. The molecule has 12 heteroatoms. The van der Waals surface area contributed by atoms with E-state index >= 15 is 0 Å². The Morgan fingerprint density at radius 1 is 0.164 bits per heavy atom. The minimum Gasteiger partial charge on any atom is -0.456 e. The summed E-state index contributed by atoms with van der Waals surface area (Å²) in [6.07, 6.45) is 11.7.